The van der Waals surface area contributed by atoms with Crippen molar-refractivity contribution in [2.75, 3.05) is 6.61 Å². The summed E-state index contributed by atoms with van der Waals surface area (Å²) < 4.78 is 5.25. The molecule has 0 heterocycles. The third kappa shape index (κ3) is 3.47. The summed E-state index contributed by atoms with van der Waals surface area (Å²) in [7, 11) is 0. The molecule has 0 spiro atoms. The maximum Gasteiger partial charge on any atom is 0.338 e. The first-order valence-corrected chi connectivity index (χ1v) is 7.05. The van der Waals surface area contributed by atoms with Crippen LogP contribution in [-0.2, 0) is 4.74 Å². The van der Waals surface area contributed by atoms with E-state index >= 15 is 0 Å². The van der Waals surface area contributed by atoms with Gasteiger partial charge in [0.05, 0.1) is 12.2 Å². The first kappa shape index (κ1) is 14.3. The summed E-state index contributed by atoms with van der Waals surface area (Å²) in [5, 5.41) is 0. The van der Waals surface area contributed by atoms with Crippen LogP contribution in [0.1, 0.15) is 35.7 Å². The highest BCUT2D eigenvalue weighted by molar-refractivity contribution is 5.91. The second-order valence-electron chi connectivity index (χ2n) is 4.89. The Morgan fingerprint density at radius 3 is 2.65 bits per heavy atom. The van der Waals surface area contributed by atoms with Gasteiger partial charge in [-0.25, -0.2) is 4.79 Å². The lowest BCUT2D eigenvalue weighted by Crippen LogP contribution is -2.06. The highest BCUT2D eigenvalue weighted by Gasteiger charge is 2.09. The molecule has 2 aromatic rings. The molecular formula is C18H20O2. The lowest BCUT2D eigenvalue weighted by Gasteiger charge is -2.08. The minimum atomic E-state index is -0.242. The zero-order valence-corrected chi connectivity index (χ0v) is 12.1. The van der Waals surface area contributed by atoms with E-state index in [0.29, 0.717) is 12.2 Å². The van der Waals surface area contributed by atoms with Crippen LogP contribution in [0, 0.1) is 6.92 Å². The minimum absolute atomic E-state index is 0.242. The second kappa shape index (κ2) is 6.90. The van der Waals surface area contributed by atoms with Gasteiger partial charge in [-0.2, -0.15) is 0 Å². The zero-order valence-electron chi connectivity index (χ0n) is 12.1. The first-order valence-electron chi connectivity index (χ1n) is 7.05. The van der Waals surface area contributed by atoms with Crippen LogP contribution in [0.15, 0.2) is 48.5 Å². The number of ether oxygens (including phenoxy) is 1. The van der Waals surface area contributed by atoms with Crippen molar-refractivity contribution in [2.24, 2.45) is 0 Å². The van der Waals surface area contributed by atoms with Crippen molar-refractivity contribution in [2.45, 2.75) is 26.7 Å². The number of hydrogen-bond acceptors (Lipinski definition) is 2. The van der Waals surface area contributed by atoms with Crippen LogP contribution in [0.2, 0.25) is 0 Å². The van der Waals surface area contributed by atoms with Crippen LogP contribution >= 0.6 is 0 Å². The number of rotatable bonds is 5. The third-order valence-corrected chi connectivity index (χ3v) is 3.29. The van der Waals surface area contributed by atoms with Gasteiger partial charge < -0.3 is 4.74 Å². The molecule has 104 valence electrons. The first-order chi connectivity index (χ1) is 9.72. The number of unbranched alkanes of at least 4 members (excludes halogenated alkanes) is 1. The third-order valence-electron chi connectivity index (χ3n) is 3.29. The zero-order chi connectivity index (χ0) is 14.4. The van der Waals surface area contributed by atoms with E-state index in [9.17, 15) is 4.79 Å². The molecule has 2 heteroatoms. The molecule has 2 aromatic carbocycles. The van der Waals surface area contributed by atoms with Gasteiger partial charge in [0.2, 0.25) is 0 Å². The average Bonchev–Trinajstić information content (AvgIpc) is 2.48. The van der Waals surface area contributed by atoms with Gasteiger partial charge in [-0.1, -0.05) is 49.7 Å². The molecule has 0 aliphatic heterocycles. The summed E-state index contributed by atoms with van der Waals surface area (Å²) in [4.78, 5) is 12.0. The number of aryl methyl sites for hydroxylation is 1. The molecule has 0 saturated carbocycles. The fraction of sp³-hybridized carbons (Fsp3) is 0.278. The molecule has 0 bridgehead atoms. The van der Waals surface area contributed by atoms with Crippen LogP contribution < -0.4 is 0 Å². The predicted octanol–water partition coefficient (Wildman–Crippen LogP) is 4.62. The molecule has 20 heavy (non-hydrogen) atoms. The number of carbonyl (C=O) groups is 1. The lowest BCUT2D eigenvalue weighted by atomic mass is 9.99. The Bertz CT molecular complexity index is 587. The monoisotopic (exact) mass is 268 g/mol. The van der Waals surface area contributed by atoms with Crippen LogP contribution in [-0.4, -0.2) is 12.6 Å². The Morgan fingerprint density at radius 2 is 1.90 bits per heavy atom. The van der Waals surface area contributed by atoms with E-state index in [1.54, 1.807) is 6.07 Å². The largest absolute Gasteiger partial charge is 0.462 e. The van der Waals surface area contributed by atoms with Crippen LogP contribution in [0.3, 0.4) is 0 Å². The molecule has 0 aliphatic rings. The van der Waals surface area contributed by atoms with Gasteiger partial charge in [0.15, 0.2) is 0 Å². The van der Waals surface area contributed by atoms with Crippen molar-refractivity contribution < 1.29 is 9.53 Å². The van der Waals surface area contributed by atoms with Crippen molar-refractivity contribution in [3.63, 3.8) is 0 Å². The van der Waals surface area contributed by atoms with Crippen molar-refractivity contribution in [1.29, 1.82) is 0 Å². The molecule has 0 atom stereocenters. The molecule has 0 amide bonds. The molecule has 0 N–H and O–H groups in total. The van der Waals surface area contributed by atoms with Crippen LogP contribution in [0.25, 0.3) is 11.1 Å². The van der Waals surface area contributed by atoms with E-state index in [4.69, 9.17) is 4.74 Å². The van der Waals surface area contributed by atoms with E-state index in [-0.39, 0.29) is 5.97 Å². The highest BCUT2D eigenvalue weighted by atomic mass is 16.5. The number of benzene rings is 2. The molecule has 2 nitrogen and oxygen atoms in total. The maximum absolute atomic E-state index is 12.0. The SMILES string of the molecule is CCCCOC(=O)c1cccc(-c2ccccc2C)c1. The van der Waals surface area contributed by atoms with E-state index in [2.05, 4.69) is 26.0 Å². The fourth-order valence-corrected chi connectivity index (χ4v) is 2.10. The molecule has 0 fully saturated rings. The summed E-state index contributed by atoms with van der Waals surface area (Å²) >= 11 is 0. The molecule has 0 unspecified atom stereocenters. The second-order valence-corrected chi connectivity index (χ2v) is 4.89. The summed E-state index contributed by atoms with van der Waals surface area (Å²) in [5.74, 6) is -0.242. The molecule has 0 radical (unpaired) electrons. The lowest BCUT2D eigenvalue weighted by molar-refractivity contribution is 0.0500. The number of esters is 1. The Balaban J connectivity index is 2.20. The summed E-state index contributed by atoms with van der Waals surface area (Å²) in [6, 6.07) is 15.8. The van der Waals surface area contributed by atoms with Gasteiger partial charge in [-0.05, 0) is 42.2 Å². The topological polar surface area (TPSA) is 26.3 Å². The summed E-state index contributed by atoms with van der Waals surface area (Å²) in [6.45, 7) is 4.64. The van der Waals surface area contributed by atoms with Gasteiger partial charge in [0.25, 0.3) is 0 Å². The predicted molar refractivity (Wildman–Crippen MR) is 81.8 cm³/mol. The Hall–Kier alpha value is -2.09. The fourth-order valence-electron chi connectivity index (χ4n) is 2.10. The van der Waals surface area contributed by atoms with Gasteiger partial charge >= 0.3 is 5.97 Å². The molecule has 0 saturated heterocycles. The average molecular weight is 268 g/mol. The van der Waals surface area contributed by atoms with Gasteiger partial charge in [-0.15, -0.1) is 0 Å². The van der Waals surface area contributed by atoms with Crippen molar-refractivity contribution >= 4 is 5.97 Å². The molecule has 2 rings (SSSR count). The molecule has 0 aliphatic carbocycles. The van der Waals surface area contributed by atoms with E-state index < -0.39 is 0 Å². The van der Waals surface area contributed by atoms with Gasteiger partial charge in [-0.3, -0.25) is 0 Å². The molecular weight excluding hydrogens is 248 g/mol. The number of carbonyl (C=O) groups excluding carboxylic acids is 1. The Kier molecular flexibility index (Phi) is 4.94. The van der Waals surface area contributed by atoms with Gasteiger partial charge in [0, 0.05) is 0 Å². The smallest absolute Gasteiger partial charge is 0.338 e. The van der Waals surface area contributed by atoms with Crippen molar-refractivity contribution in [3.8, 4) is 11.1 Å². The van der Waals surface area contributed by atoms with Gasteiger partial charge in [0.1, 0.15) is 0 Å². The highest BCUT2D eigenvalue weighted by Crippen LogP contribution is 2.24. The van der Waals surface area contributed by atoms with Crippen molar-refractivity contribution in [3.05, 3.63) is 59.7 Å². The van der Waals surface area contributed by atoms with E-state index in [1.165, 1.54) is 5.56 Å². The summed E-state index contributed by atoms with van der Waals surface area (Å²) in [6.07, 6.45) is 1.93. The normalized spacial score (nSPS) is 10.3. The minimum Gasteiger partial charge on any atom is -0.462 e. The standard InChI is InChI=1S/C18H20O2/c1-3-4-12-20-18(19)16-10-7-9-15(13-16)17-11-6-5-8-14(17)2/h5-11,13H,3-4,12H2,1-2H3. The molecule has 0 aromatic heterocycles. The number of hydrogen-bond donors (Lipinski definition) is 0. The maximum atomic E-state index is 12.0. The van der Waals surface area contributed by atoms with E-state index in [1.807, 2.05) is 30.3 Å². The van der Waals surface area contributed by atoms with Crippen LogP contribution in [0.5, 0.6) is 0 Å². The van der Waals surface area contributed by atoms with E-state index in [0.717, 1.165) is 24.0 Å². The van der Waals surface area contributed by atoms with Crippen molar-refractivity contribution in [1.82, 2.24) is 0 Å². The van der Waals surface area contributed by atoms with Crippen LogP contribution in [0.4, 0.5) is 0 Å². The Morgan fingerprint density at radius 1 is 1.10 bits per heavy atom. The Labute approximate surface area is 120 Å². The summed E-state index contributed by atoms with van der Waals surface area (Å²) in [5.41, 5.74) is 4.01. The quantitative estimate of drug-likeness (QED) is 0.584.